The molecule has 0 radical (unpaired) electrons. The molecule has 0 bridgehead atoms. The number of thiol groups is 1. The number of nitrogens with one attached hydrogen (secondary N) is 2. The lowest BCUT2D eigenvalue weighted by molar-refractivity contribution is -0.274. The Morgan fingerprint density at radius 3 is 2.38 bits per heavy atom. The van der Waals surface area contributed by atoms with Gasteiger partial charge < -0.3 is 33.6 Å². The minimum absolute atomic E-state index is 0.116. The fourth-order valence-electron chi connectivity index (χ4n) is 3.34. The maximum absolute atomic E-state index is 11.9. The zero-order valence-electron chi connectivity index (χ0n) is 18.1. The molecule has 178 valence electrons. The summed E-state index contributed by atoms with van der Waals surface area (Å²) in [6, 6.07) is -0.960. The predicted octanol–water partition coefficient (Wildman–Crippen LogP) is -0.266. The number of imidazole rings is 1. The number of esters is 2. The molecule has 2 rings (SSSR count). The Balaban J connectivity index is 2.29. The van der Waals surface area contributed by atoms with Crippen molar-refractivity contribution in [1.82, 2.24) is 19.6 Å². The Kier molecular flexibility index (Phi) is 9.94. The van der Waals surface area contributed by atoms with E-state index in [9.17, 15) is 19.2 Å². The molecule has 32 heavy (non-hydrogen) atoms. The SMILES string of the molecule is CC(=O)NC1C(OCCCC(=O)NS)OC(Cn2ccnc2)C(OC(C)=O)C1OC(C)=O. The van der Waals surface area contributed by atoms with E-state index in [0.29, 0.717) is 6.42 Å². The van der Waals surface area contributed by atoms with Crippen LogP contribution < -0.4 is 10.0 Å². The molecule has 5 unspecified atom stereocenters. The van der Waals surface area contributed by atoms with Crippen molar-refractivity contribution < 1.29 is 38.1 Å². The monoisotopic (exact) mass is 472 g/mol. The molecule has 1 saturated heterocycles. The largest absolute Gasteiger partial charge is 0.456 e. The highest BCUT2D eigenvalue weighted by Crippen LogP contribution is 2.28. The van der Waals surface area contributed by atoms with Crippen LogP contribution in [0.25, 0.3) is 0 Å². The molecule has 13 heteroatoms. The minimum atomic E-state index is -1.08. The summed E-state index contributed by atoms with van der Waals surface area (Å²) in [4.78, 5) is 50.9. The molecule has 0 aromatic carbocycles. The standard InChI is InChI=1S/C19H28N4O8S/c1-11(24)21-16-18(30-13(3)26)17(29-12(2)25)14(9-23-7-6-20-10-23)31-19(16)28-8-4-5-15(27)22-32/h6-7,10,14,16-19,32H,4-5,8-9H2,1-3H3,(H,21,24)(H,22,27). The van der Waals surface area contributed by atoms with Crippen LogP contribution in [0.2, 0.25) is 0 Å². The molecular formula is C19H28N4O8S. The summed E-state index contributed by atoms with van der Waals surface area (Å²) >= 11 is 3.70. The lowest BCUT2D eigenvalue weighted by atomic mass is 9.95. The highest BCUT2D eigenvalue weighted by molar-refractivity contribution is 7.78. The minimum Gasteiger partial charge on any atom is -0.456 e. The number of amides is 2. The van der Waals surface area contributed by atoms with Gasteiger partial charge in [0, 0.05) is 39.6 Å². The van der Waals surface area contributed by atoms with E-state index in [1.54, 1.807) is 23.3 Å². The van der Waals surface area contributed by atoms with Gasteiger partial charge >= 0.3 is 11.9 Å². The van der Waals surface area contributed by atoms with Crippen molar-refractivity contribution in [2.75, 3.05) is 6.61 Å². The summed E-state index contributed by atoms with van der Waals surface area (Å²) in [6.07, 6.45) is 1.43. The van der Waals surface area contributed by atoms with Crippen LogP contribution >= 0.6 is 12.8 Å². The fraction of sp³-hybridized carbons (Fsp3) is 0.632. The Hall–Kier alpha value is -2.64. The molecule has 1 fully saturated rings. The molecule has 12 nitrogen and oxygen atoms in total. The molecule has 1 aliphatic rings. The number of ether oxygens (including phenoxy) is 4. The molecule has 2 N–H and O–H groups in total. The first kappa shape index (κ1) is 25.6. The Morgan fingerprint density at radius 1 is 1.12 bits per heavy atom. The van der Waals surface area contributed by atoms with Crippen molar-refractivity contribution >= 4 is 36.6 Å². The molecule has 1 aromatic heterocycles. The maximum atomic E-state index is 11.9. The molecule has 0 saturated carbocycles. The van der Waals surface area contributed by atoms with Crippen molar-refractivity contribution in [2.24, 2.45) is 0 Å². The van der Waals surface area contributed by atoms with Crippen LogP contribution in [0, 0.1) is 0 Å². The van der Waals surface area contributed by atoms with Crippen LogP contribution in [-0.2, 0) is 44.7 Å². The summed E-state index contributed by atoms with van der Waals surface area (Å²) in [5, 5.41) is 2.66. The van der Waals surface area contributed by atoms with Gasteiger partial charge in [-0.15, -0.1) is 0 Å². The first-order chi connectivity index (χ1) is 15.2. The first-order valence-electron chi connectivity index (χ1n) is 9.98. The van der Waals surface area contributed by atoms with Gasteiger partial charge in [0.2, 0.25) is 11.8 Å². The zero-order valence-corrected chi connectivity index (χ0v) is 18.9. The van der Waals surface area contributed by atoms with Crippen molar-refractivity contribution in [1.29, 1.82) is 0 Å². The van der Waals surface area contributed by atoms with Gasteiger partial charge in [0.25, 0.3) is 0 Å². The molecule has 2 amide bonds. The lowest BCUT2D eigenvalue weighted by Gasteiger charge is -2.45. The van der Waals surface area contributed by atoms with E-state index in [2.05, 4.69) is 27.8 Å². The molecule has 5 atom stereocenters. The Labute approximate surface area is 190 Å². The maximum Gasteiger partial charge on any atom is 0.303 e. The Morgan fingerprint density at radius 2 is 1.81 bits per heavy atom. The van der Waals surface area contributed by atoms with Crippen LogP contribution in [0.5, 0.6) is 0 Å². The van der Waals surface area contributed by atoms with E-state index >= 15 is 0 Å². The van der Waals surface area contributed by atoms with Gasteiger partial charge in [-0.3, -0.25) is 19.2 Å². The van der Waals surface area contributed by atoms with Gasteiger partial charge in [-0.2, -0.15) is 0 Å². The van der Waals surface area contributed by atoms with E-state index in [1.165, 1.54) is 20.8 Å². The van der Waals surface area contributed by atoms with E-state index in [1.807, 2.05) is 0 Å². The normalized spacial score (nSPS) is 24.9. The second kappa shape index (κ2) is 12.4. The topological polar surface area (TPSA) is 147 Å². The number of nitrogens with zero attached hydrogens (tertiary/aromatic N) is 2. The summed E-state index contributed by atoms with van der Waals surface area (Å²) in [6.45, 7) is 4.05. The summed E-state index contributed by atoms with van der Waals surface area (Å²) in [5.74, 6) is -1.93. The van der Waals surface area contributed by atoms with Crippen LogP contribution in [0.4, 0.5) is 0 Å². The smallest absolute Gasteiger partial charge is 0.303 e. The number of aromatic nitrogens is 2. The van der Waals surface area contributed by atoms with Gasteiger partial charge in [0.05, 0.1) is 19.5 Å². The summed E-state index contributed by atoms with van der Waals surface area (Å²) < 4.78 is 26.7. The molecular weight excluding hydrogens is 444 g/mol. The molecule has 1 aliphatic heterocycles. The predicted molar refractivity (Wildman–Crippen MR) is 112 cm³/mol. The Bertz CT molecular complexity index is 790. The number of hydrogen-bond acceptors (Lipinski definition) is 10. The molecule has 2 heterocycles. The van der Waals surface area contributed by atoms with Crippen molar-refractivity contribution in [3.8, 4) is 0 Å². The van der Waals surface area contributed by atoms with Crippen LogP contribution in [-0.4, -0.2) is 70.6 Å². The highest BCUT2D eigenvalue weighted by Gasteiger charge is 2.50. The number of carbonyl (C=O) groups excluding carboxylic acids is 4. The average Bonchev–Trinajstić information content (AvgIpc) is 3.22. The van der Waals surface area contributed by atoms with Gasteiger partial charge in [-0.05, 0) is 6.42 Å². The van der Waals surface area contributed by atoms with E-state index in [4.69, 9.17) is 18.9 Å². The van der Waals surface area contributed by atoms with Crippen molar-refractivity contribution in [3.63, 3.8) is 0 Å². The quantitative estimate of drug-likeness (QED) is 0.238. The van der Waals surface area contributed by atoms with Crippen LogP contribution in [0.3, 0.4) is 0 Å². The van der Waals surface area contributed by atoms with Crippen molar-refractivity contribution in [3.05, 3.63) is 18.7 Å². The summed E-state index contributed by atoms with van der Waals surface area (Å²) in [5.41, 5.74) is 0. The van der Waals surface area contributed by atoms with E-state index in [0.717, 1.165) is 0 Å². The van der Waals surface area contributed by atoms with Crippen LogP contribution in [0.1, 0.15) is 33.6 Å². The molecule has 0 spiro atoms. The zero-order chi connectivity index (χ0) is 23.7. The van der Waals surface area contributed by atoms with E-state index in [-0.39, 0.29) is 25.5 Å². The third-order valence-electron chi connectivity index (χ3n) is 4.53. The van der Waals surface area contributed by atoms with Crippen LogP contribution in [0.15, 0.2) is 18.7 Å². The molecule has 0 aliphatic carbocycles. The van der Waals surface area contributed by atoms with Gasteiger partial charge in [0.1, 0.15) is 12.1 Å². The lowest BCUT2D eigenvalue weighted by Crippen LogP contribution is -2.66. The number of hydrogen-bond donors (Lipinski definition) is 3. The second-order valence-corrected chi connectivity index (χ2v) is 7.41. The second-order valence-electron chi connectivity index (χ2n) is 7.19. The number of carbonyl (C=O) groups is 4. The van der Waals surface area contributed by atoms with E-state index < -0.39 is 48.5 Å². The third kappa shape index (κ3) is 7.80. The molecule has 1 aromatic rings. The fourth-order valence-corrected chi connectivity index (χ4v) is 3.45. The average molecular weight is 473 g/mol. The summed E-state index contributed by atoms with van der Waals surface area (Å²) in [7, 11) is 0. The van der Waals surface area contributed by atoms with Gasteiger partial charge in [0.15, 0.2) is 18.5 Å². The van der Waals surface area contributed by atoms with Crippen molar-refractivity contribution in [2.45, 2.75) is 70.8 Å². The number of rotatable bonds is 10. The highest BCUT2D eigenvalue weighted by atomic mass is 32.1. The van der Waals surface area contributed by atoms with Gasteiger partial charge in [-0.1, -0.05) is 12.8 Å². The van der Waals surface area contributed by atoms with Gasteiger partial charge in [-0.25, -0.2) is 4.98 Å². The first-order valence-corrected chi connectivity index (χ1v) is 10.4. The third-order valence-corrected chi connectivity index (χ3v) is 4.77.